The summed E-state index contributed by atoms with van der Waals surface area (Å²) in [6, 6.07) is 18.1. The van der Waals surface area contributed by atoms with E-state index >= 15 is 0 Å². The molecular weight excluding hydrogens is 442 g/mol. The van der Waals surface area contributed by atoms with Crippen molar-refractivity contribution in [1.29, 1.82) is 0 Å². The molecule has 0 bridgehead atoms. The van der Waals surface area contributed by atoms with Gasteiger partial charge >= 0.3 is 48.9 Å². The molecular formula is C20H22BaO4. The maximum atomic E-state index is 10.7. The van der Waals surface area contributed by atoms with Gasteiger partial charge in [-0.15, -0.1) is 0 Å². The van der Waals surface area contributed by atoms with Gasteiger partial charge < -0.3 is 19.8 Å². The van der Waals surface area contributed by atoms with E-state index in [1.165, 1.54) is 0 Å². The van der Waals surface area contributed by atoms with E-state index in [9.17, 15) is 19.8 Å². The summed E-state index contributed by atoms with van der Waals surface area (Å²) in [6.07, 6.45) is 0. The van der Waals surface area contributed by atoms with Gasteiger partial charge in [-0.1, -0.05) is 88.4 Å². The van der Waals surface area contributed by atoms with Crippen LogP contribution in [0.4, 0.5) is 0 Å². The molecule has 2 rings (SSSR count). The van der Waals surface area contributed by atoms with E-state index in [0.29, 0.717) is 0 Å². The molecule has 0 amide bonds. The van der Waals surface area contributed by atoms with Crippen molar-refractivity contribution in [2.45, 2.75) is 38.5 Å². The van der Waals surface area contributed by atoms with Gasteiger partial charge in [0, 0.05) is 10.8 Å². The number of rotatable bonds is 4. The van der Waals surface area contributed by atoms with Crippen molar-refractivity contribution in [1.82, 2.24) is 0 Å². The Morgan fingerprint density at radius 3 is 1.08 bits per heavy atom. The fourth-order valence-corrected chi connectivity index (χ4v) is 1.95. The van der Waals surface area contributed by atoms with Crippen molar-refractivity contribution in [2.75, 3.05) is 0 Å². The summed E-state index contributed by atoms with van der Waals surface area (Å²) in [4.78, 5) is 21.4. The first-order valence-corrected chi connectivity index (χ1v) is 7.64. The SMILES string of the molecule is CC(C)(C(=O)[O-])c1ccccc1.CC(C)(C(=O)[O-])c1ccccc1.[Ba+2]. The van der Waals surface area contributed by atoms with Crippen LogP contribution in [0.15, 0.2) is 60.7 Å². The Morgan fingerprint density at radius 1 is 0.640 bits per heavy atom. The second-order valence-corrected chi connectivity index (χ2v) is 6.56. The molecule has 5 heteroatoms. The molecule has 25 heavy (non-hydrogen) atoms. The quantitative estimate of drug-likeness (QED) is 0.635. The molecule has 0 aliphatic carbocycles. The molecule has 0 spiro atoms. The monoisotopic (exact) mass is 464 g/mol. The van der Waals surface area contributed by atoms with Crippen molar-refractivity contribution in [3.05, 3.63) is 71.8 Å². The zero-order valence-electron chi connectivity index (χ0n) is 15.1. The smallest absolute Gasteiger partial charge is 0.549 e. The van der Waals surface area contributed by atoms with Crippen molar-refractivity contribution in [3.63, 3.8) is 0 Å². The summed E-state index contributed by atoms with van der Waals surface area (Å²) in [5.41, 5.74) is -0.266. The number of benzene rings is 2. The second kappa shape index (κ2) is 10.2. The number of hydrogen-bond donors (Lipinski definition) is 0. The predicted molar refractivity (Wildman–Crippen MR) is 94.7 cm³/mol. The predicted octanol–water partition coefficient (Wildman–Crippen LogP) is 1.05. The minimum atomic E-state index is -1.05. The third-order valence-electron chi connectivity index (χ3n) is 4.01. The Labute approximate surface area is 189 Å². The van der Waals surface area contributed by atoms with E-state index in [1.54, 1.807) is 52.0 Å². The summed E-state index contributed by atoms with van der Waals surface area (Å²) in [5.74, 6) is -2.09. The van der Waals surface area contributed by atoms with Crippen LogP contribution in [0, 0.1) is 0 Å². The van der Waals surface area contributed by atoms with Crippen LogP contribution in [0.25, 0.3) is 0 Å². The van der Waals surface area contributed by atoms with Crippen molar-refractivity contribution in [3.8, 4) is 0 Å². The third kappa shape index (κ3) is 6.64. The van der Waals surface area contributed by atoms with Gasteiger partial charge in [0.2, 0.25) is 0 Å². The van der Waals surface area contributed by atoms with Crippen LogP contribution < -0.4 is 10.2 Å². The van der Waals surface area contributed by atoms with Crippen LogP contribution in [-0.2, 0) is 20.4 Å². The summed E-state index contributed by atoms with van der Waals surface area (Å²) in [5, 5.41) is 21.4. The molecule has 0 radical (unpaired) electrons. The zero-order chi connectivity index (χ0) is 18.4. The molecule has 128 valence electrons. The summed E-state index contributed by atoms with van der Waals surface area (Å²) >= 11 is 0. The van der Waals surface area contributed by atoms with Gasteiger partial charge in [0.05, 0.1) is 11.9 Å². The van der Waals surface area contributed by atoms with Crippen LogP contribution in [0.3, 0.4) is 0 Å². The standard InChI is InChI=1S/2C10H12O2.Ba/c2*1-10(2,9(11)12)8-6-4-3-5-7-8;/h2*3-7H,1-2H3,(H,11,12);/q;;+2/p-2. The van der Waals surface area contributed by atoms with E-state index in [1.807, 2.05) is 36.4 Å². The molecule has 4 nitrogen and oxygen atoms in total. The Kier molecular flexibility index (Phi) is 9.76. The number of aliphatic carboxylic acids is 2. The topological polar surface area (TPSA) is 80.3 Å². The first-order chi connectivity index (χ1) is 11.1. The van der Waals surface area contributed by atoms with Gasteiger partial charge in [0.15, 0.2) is 0 Å². The Morgan fingerprint density at radius 2 is 0.880 bits per heavy atom. The number of carbonyl (C=O) groups is 2. The molecule has 2 aromatic carbocycles. The first kappa shape index (κ1) is 24.0. The van der Waals surface area contributed by atoms with Gasteiger partial charge in [-0.05, 0) is 11.1 Å². The second-order valence-electron chi connectivity index (χ2n) is 6.56. The number of hydrogen-bond acceptors (Lipinski definition) is 4. The number of carboxylic acids is 2. The van der Waals surface area contributed by atoms with Gasteiger partial charge in [0.25, 0.3) is 0 Å². The normalized spacial score (nSPS) is 10.7. The van der Waals surface area contributed by atoms with Crippen LogP contribution in [0.1, 0.15) is 38.8 Å². The zero-order valence-corrected chi connectivity index (χ0v) is 19.6. The van der Waals surface area contributed by atoms with Gasteiger partial charge in [0.1, 0.15) is 0 Å². The minimum Gasteiger partial charge on any atom is -0.549 e. The minimum absolute atomic E-state index is 0. The van der Waals surface area contributed by atoms with Crippen LogP contribution in [0.2, 0.25) is 0 Å². The fourth-order valence-electron chi connectivity index (χ4n) is 1.95. The maximum absolute atomic E-state index is 10.7. The molecule has 0 aliphatic heterocycles. The molecule has 0 heterocycles. The van der Waals surface area contributed by atoms with Crippen molar-refractivity contribution in [2.24, 2.45) is 0 Å². The first-order valence-electron chi connectivity index (χ1n) is 7.64. The number of carboxylic acid groups (broad SMARTS) is 2. The van der Waals surface area contributed by atoms with E-state index in [4.69, 9.17) is 0 Å². The molecule has 0 aromatic heterocycles. The van der Waals surface area contributed by atoms with Crippen molar-refractivity contribution < 1.29 is 19.8 Å². The third-order valence-corrected chi connectivity index (χ3v) is 4.01. The molecule has 0 aliphatic rings. The largest absolute Gasteiger partial charge is 2.00 e. The fraction of sp³-hybridized carbons (Fsp3) is 0.300. The van der Waals surface area contributed by atoms with Gasteiger partial charge in [-0.25, -0.2) is 0 Å². The van der Waals surface area contributed by atoms with E-state index in [0.717, 1.165) is 11.1 Å². The van der Waals surface area contributed by atoms with Gasteiger partial charge in [-0.2, -0.15) is 0 Å². The summed E-state index contributed by atoms with van der Waals surface area (Å²) < 4.78 is 0. The summed E-state index contributed by atoms with van der Waals surface area (Å²) in [6.45, 7) is 6.55. The molecule has 0 saturated heterocycles. The van der Waals surface area contributed by atoms with Crippen LogP contribution in [0.5, 0.6) is 0 Å². The average molecular weight is 464 g/mol. The maximum Gasteiger partial charge on any atom is 2.00 e. The number of carbonyl (C=O) groups excluding carboxylic acids is 2. The molecule has 0 saturated carbocycles. The molecule has 0 atom stereocenters. The Balaban J connectivity index is 0.000000443. The van der Waals surface area contributed by atoms with E-state index in [2.05, 4.69) is 0 Å². The van der Waals surface area contributed by atoms with Gasteiger partial charge in [-0.3, -0.25) is 0 Å². The average Bonchev–Trinajstić information content (AvgIpc) is 2.56. The molecule has 2 aromatic rings. The molecule has 0 N–H and O–H groups in total. The van der Waals surface area contributed by atoms with Crippen LogP contribution in [-0.4, -0.2) is 60.8 Å². The van der Waals surface area contributed by atoms with E-state index < -0.39 is 22.8 Å². The van der Waals surface area contributed by atoms with Crippen molar-refractivity contribution >= 4 is 60.8 Å². The van der Waals surface area contributed by atoms with E-state index in [-0.39, 0.29) is 48.9 Å². The Bertz CT molecular complexity index is 618. The van der Waals surface area contributed by atoms with Crippen LogP contribution >= 0.6 is 0 Å². The summed E-state index contributed by atoms with van der Waals surface area (Å²) in [7, 11) is 0. The molecule has 0 unspecified atom stereocenters. The molecule has 0 fully saturated rings. The Hall–Kier alpha value is -1.05.